The molecule has 1 fully saturated rings. The molecule has 2 N–H and O–H groups in total. The van der Waals surface area contributed by atoms with E-state index in [2.05, 4.69) is 11.3 Å². The molecule has 1 aliphatic carbocycles. The first-order valence-corrected chi connectivity index (χ1v) is 4.16. The summed E-state index contributed by atoms with van der Waals surface area (Å²) in [5, 5.41) is 19.1. The zero-order valence-corrected chi connectivity index (χ0v) is 7.62. The second-order valence-corrected chi connectivity index (χ2v) is 3.40. The Labute approximate surface area is 76.8 Å². The van der Waals surface area contributed by atoms with Crippen LogP contribution in [0.15, 0.2) is 12.2 Å². The van der Waals surface area contributed by atoms with Gasteiger partial charge in [-0.25, -0.2) is 4.79 Å². The molecule has 0 aliphatic heterocycles. The van der Waals surface area contributed by atoms with E-state index in [0.717, 1.165) is 0 Å². The van der Waals surface area contributed by atoms with Crippen LogP contribution in [0.1, 0.15) is 19.3 Å². The minimum Gasteiger partial charge on any atom is -0.467 e. The molecule has 13 heavy (non-hydrogen) atoms. The third-order valence-corrected chi connectivity index (χ3v) is 2.43. The number of carbonyl (C=O) groups excluding carboxylic acids is 1. The first kappa shape index (κ1) is 10.2. The molecule has 0 aromatic rings. The van der Waals surface area contributed by atoms with Gasteiger partial charge < -0.3 is 14.9 Å². The van der Waals surface area contributed by atoms with Crippen molar-refractivity contribution < 1.29 is 19.7 Å². The van der Waals surface area contributed by atoms with Crippen LogP contribution in [0.25, 0.3) is 0 Å². The van der Waals surface area contributed by atoms with E-state index in [4.69, 9.17) is 0 Å². The third-order valence-electron chi connectivity index (χ3n) is 2.43. The Morgan fingerprint density at radius 2 is 2.38 bits per heavy atom. The number of rotatable bonds is 1. The molecule has 0 aromatic heterocycles. The van der Waals surface area contributed by atoms with Crippen molar-refractivity contribution in [1.82, 2.24) is 0 Å². The molecule has 74 valence electrons. The van der Waals surface area contributed by atoms with Crippen molar-refractivity contribution in [1.29, 1.82) is 0 Å². The van der Waals surface area contributed by atoms with Crippen LogP contribution in [0.2, 0.25) is 0 Å². The highest BCUT2D eigenvalue weighted by atomic mass is 16.5. The predicted molar refractivity (Wildman–Crippen MR) is 46.0 cm³/mol. The van der Waals surface area contributed by atoms with Gasteiger partial charge in [-0.15, -0.1) is 0 Å². The van der Waals surface area contributed by atoms with Crippen molar-refractivity contribution in [3.8, 4) is 0 Å². The van der Waals surface area contributed by atoms with Gasteiger partial charge in [0.1, 0.15) is 0 Å². The Morgan fingerprint density at radius 3 is 2.85 bits per heavy atom. The predicted octanol–water partition coefficient (Wildman–Crippen LogP) is -0.00850. The quantitative estimate of drug-likeness (QED) is 0.446. The van der Waals surface area contributed by atoms with E-state index in [9.17, 15) is 15.0 Å². The first-order chi connectivity index (χ1) is 5.99. The van der Waals surface area contributed by atoms with Crippen molar-refractivity contribution in [2.45, 2.75) is 31.0 Å². The molecule has 1 aliphatic rings. The van der Waals surface area contributed by atoms with Crippen LogP contribution < -0.4 is 0 Å². The third kappa shape index (κ3) is 1.89. The molecular formula is C9H14O4. The van der Waals surface area contributed by atoms with Crippen LogP contribution in [0.5, 0.6) is 0 Å². The van der Waals surface area contributed by atoms with Crippen LogP contribution in [0.4, 0.5) is 0 Å². The molecule has 0 spiro atoms. The van der Waals surface area contributed by atoms with Crippen molar-refractivity contribution in [2.75, 3.05) is 7.11 Å². The molecule has 0 aromatic carbocycles. The van der Waals surface area contributed by atoms with Gasteiger partial charge in [-0.2, -0.15) is 0 Å². The average Bonchev–Trinajstić information content (AvgIpc) is 2.11. The summed E-state index contributed by atoms with van der Waals surface area (Å²) in [7, 11) is 1.22. The summed E-state index contributed by atoms with van der Waals surface area (Å²) in [6.45, 7) is 3.63. The lowest BCUT2D eigenvalue weighted by molar-refractivity contribution is -0.167. The zero-order chi connectivity index (χ0) is 10.1. The molecule has 0 bridgehead atoms. The second kappa shape index (κ2) is 3.47. The standard InChI is InChI=1S/C9H14O4/c1-6-3-4-9(12,5-7(6)10)8(11)13-2/h7,10,12H,1,3-5H2,2H3/t7-,9+/m1/s1. The number of carbonyl (C=O) groups is 1. The lowest BCUT2D eigenvalue weighted by atomic mass is 9.81. The maximum absolute atomic E-state index is 11.1. The maximum Gasteiger partial charge on any atom is 0.337 e. The minimum atomic E-state index is -1.53. The van der Waals surface area contributed by atoms with Gasteiger partial charge in [-0.1, -0.05) is 6.58 Å². The van der Waals surface area contributed by atoms with Crippen LogP contribution in [0, 0.1) is 0 Å². The number of aliphatic hydroxyl groups is 2. The number of esters is 1. The summed E-state index contributed by atoms with van der Waals surface area (Å²) < 4.78 is 4.45. The van der Waals surface area contributed by atoms with Gasteiger partial charge in [0.05, 0.1) is 13.2 Å². The smallest absolute Gasteiger partial charge is 0.337 e. The number of ether oxygens (including phenoxy) is 1. The van der Waals surface area contributed by atoms with Crippen molar-refractivity contribution >= 4 is 5.97 Å². The normalized spacial score (nSPS) is 34.4. The van der Waals surface area contributed by atoms with E-state index in [1.165, 1.54) is 7.11 Å². The summed E-state index contributed by atoms with van der Waals surface area (Å²) in [5.41, 5.74) is -0.872. The molecule has 1 rings (SSSR count). The van der Waals surface area contributed by atoms with E-state index in [-0.39, 0.29) is 12.8 Å². The van der Waals surface area contributed by atoms with Gasteiger partial charge in [0.15, 0.2) is 5.60 Å². The zero-order valence-electron chi connectivity index (χ0n) is 7.62. The number of aliphatic hydroxyl groups excluding tert-OH is 1. The molecule has 2 atom stereocenters. The van der Waals surface area contributed by atoms with E-state index < -0.39 is 17.7 Å². The minimum absolute atomic E-state index is 0.0154. The van der Waals surface area contributed by atoms with Crippen molar-refractivity contribution in [3.63, 3.8) is 0 Å². The van der Waals surface area contributed by atoms with Gasteiger partial charge in [-0.3, -0.25) is 0 Å². The van der Waals surface area contributed by atoms with Crippen molar-refractivity contribution in [3.05, 3.63) is 12.2 Å². The van der Waals surface area contributed by atoms with Gasteiger partial charge in [-0.05, 0) is 18.4 Å². The SMILES string of the molecule is C=C1CC[C@@](O)(C(=O)OC)C[C@H]1O. The summed E-state index contributed by atoms with van der Waals surface area (Å²) in [5.74, 6) is -0.681. The van der Waals surface area contributed by atoms with Gasteiger partial charge in [0.2, 0.25) is 0 Å². The Bertz CT molecular complexity index is 236. The Morgan fingerprint density at radius 1 is 1.77 bits per heavy atom. The largest absolute Gasteiger partial charge is 0.467 e. The van der Waals surface area contributed by atoms with E-state index in [1.807, 2.05) is 0 Å². The molecule has 0 radical (unpaired) electrons. The fourth-order valence-electron chi connectivity index (χ4n) is 1.48. The highest BCUT2D eigenvalue weighted by Gasteiger charge is 2.42. The fourth-order valence-corrected chi connectivity index (χ4v) is 1.48. The molecule has 4 nitrogen and oxygen atoms in total. The molecule has 1 saturated carbocycles. The number of methoxy groups -OCH3 is 1. The van der Waals surface area contributed by atoms with Crippen LogP contribution >= 0.6 is 0 Å². The van der Waals surface area contributed by atoms with Crippen molar-refractivity contribution in [2.24, 2.45) is 0 Å². The van der Waals surface area contributed by atoms with Gasteiger partial charge in [0.25, 0.3) is 0 Å². The van der Waals surface area contributed by atoms with E-state index in [0.29, 0.717) is 12.0 Å². The number of hydrogen-bond acceptors (Lipinski definition) is 4. The van der Waals surface area contributed by atoms with E-state index >= 15 is 0 Å². The lowest BCUT2D eigenvalue weighted by Crippen LogP contribution is -2.46. The first-order valence-electron chi connectivity index (χ1n) is 4.16. The fraction of sp³-hybridized carbons (Fsp3) is 0.667. The summed E-state index contributed by atoms with van der Waals surface area (Å²) in [4.78, 5) is 11.1. The summed E-state index contributed by atoms with van der Waals surface area (Å²) in [6, 6.07) is 0. The summed E-state index contributed by atoms with van der Waals surface area (Å²) in [6.07, 6.45) is -0.0984. The molecular weight excluding hydrogens is 172 g/mol. The highest BCUT2D eigenvalue weighted by Crippen LogP contribution is 2.31. The van der Waals surface area contributed by atoms with Crippen LogP contribution in [-0.2, 0) is 9.53 Å². The lowest BCUT2D eigenvalue weighted by Gasteiger charge is -2.33. The summed E-state index contributed by atoms with van der Waals surface area (Å²) >= 11 is 0. The monoisotopic (exact) mass is 186 g/mol. The average molecular weight is 186 g/mol. The van der Waals surface area contributed by atoms with Gasteiger partial charge >= 0.3 is 5.97 Å². The second-order valence-electron chi connectivity index (χ2n) is 3.40. The molecule has 0 saturated heterocycles. The topological polar surface area (TPSA) is 66.8 Å². The van der Waals surface area contributed by atoms with Crippen LogP contribution in [-0.4, -0.2) is 35.0 Å². The van der Waals surface area contributed by atoms with Gasteiger partial charge in [0, 0.05) is 6.42 Å². The number of hydrogen-bond donors (Lipinski definition) is 2. The molecule has 0 amide bonds. The van der Waals surface area contributed by atoms with Crippen LogP contribution in [0.3, 0.4) is 0 Å². The maximum atomic E-state index is 11.1. The Kier molecular flexibility index (Phi) is 2.73. The Hall–Kier alpha value is -0.870. The molecule has 4 heteroatoms. The molecule has 0 unspecified atom stereocenters. The van der Waals surface area contributed by atoms with E-state index in [1.54, 1.807) is 0 Å². The highest BCUT2D eigenvalue weighted by molar-refractivity contribution is 5.79. The Balaban J connectivity index is 2.72. The molecule has 0 heterocycles.